The van der Waals surface area contributed by atoms with Crippen molar-refractivity contribution in [1.29, 1.82) is 0 Å². The number of piperazine rings is 1. The number of halogens is 8. The van der Waals surface area contributed by atoms with Crippen molar-refractivity contribution >= 4 is 24.3 Å². The first-order valence-corrected chi connectivity index (χ1v) is 11.3. The third-order valence-corrected chi connectivity index (χ3v) is 6.10. The molecule has 1 aliphatic rings. The second-order valence-corrected chi connectivity index (χ2v) is 8.65. The lowest BCUT2D eigenvalue weighted by Crippen LogP contribution is -2.55. The summed E-state index contributed by atoms with van der Waals surface area (Å²) in [6.45, 7) is 1.50. The molecule has 6 nitrogen and oxygen atoms in total. The number of carbonyl (C=O) groups is 2. The van der Waals surface area contributed by atoms with Crippen LogP contribution in [0.25, 0.3) is 0 Å². The minimum atomic E-state index is -4.97. The van der Waals surface area contributed by atoms with Crippen LogP contribution in [0, 0.1) is 12.7 Å². The van der Waals surface area contributed by atoms with Crippen LogP contribution in [-0.2, 0) is 23.6 Å². The third-order valence-electron chi connectivity index (χ3n) is 6.10. The molecule has 38 heavy (non-hydrogen) atoms. The number of nitrogens with one attached hydrogen (secondary N) is 1. The van der Waals surface area contributed by atoms with Crippen LogP contribution in [0.4, 0.5) is 35.5 Å². The number of hydrogen-bond donors (Lipinski definition) is 2. The zero-order valence-electron chi connectivity index (χ0n) is 20.1. The lowest BCUT2D eigenvalue weighted by atomic mass is 9.97. The van der Waals surface area contributed by atoms with Gasteiger partial charge in [-0.25, -0.2) is 9.18 Å². The molecule has 0 bridgehead atoms. The number of alkyl halides is 6. The average Bonchev–Trinajstić information content (AvgIpc) is 2.82. The Morgan fingerprint density at radius 2 is 1.61 bits per heavy atom. The molecule has 1 atom stereocenters. The van der Waals surface area contributed by atoms with Crippen molar-refractivity contribution in [2.24, 2.45) is 5.73 Å². The van der Waals surface area contributed by atoms with E-state index in [-0.39, 0.29) is 69.1 Å². The van der Waals surface area contributed by atoms with Gasteiger partial charge >= 0.3 is 18.4 Å². The highest BCUT2D eigenvalue weighted by Gasteiger charge is 2.37. The Morgan fingerprint density at radius 1 is 1.00 bits per heavy atom. The molecule has 0 spiro atoms. The Bertz CT molecular complexity index is 1130. The quantitative estimate of drug-likeness (QED) is 0.512. The van der Waals surface area contributed by atoms with Gasteiger partial charge in [0.25, 0.3) is 0 Å². The maximum absolute atomic E-state index is 13.6. The van der Waals surface area contributed by atoms with E-state index >= 15 is 0 Å². The summed E-state index contributed by atoms with van der Waals surface area (Å²) in [5.41, 5.74) is 3.46. The van der Waals surface area contributed by atoms with Gasteiger partial charge in [0.15, 0.2) is 0 Å². The third kappa shape index (κ3) is 7.50. The van der Waals surface area contributed by atoms with E-state index in [1.54, 1.807) is 6.92 Å². The van der Waals surface area contributed by atoms with Crippen molar-refractivity contribution in [3.63, 3.8) is 0 Å². The number of nitrogens with two attached hydrogens (primary N) is 1. The Labute approximate surface area is 220 Å². The fourth-order valence-corrected chi connectivity index (χ4v) is 4.24. The largest absolute Gasteiger partial charge is 0.416 e. The van der Waals surface area contributed by atoms with E-state index in [2.05, 4.69) is 5.32 Å². The standard InChI is InChI=1S/C24H25F7N4O2.ClH/c1-14-8-18(25)2-3-19(14)20-13-34(21(36)12-32)6-7-35(20)22(37)33-5-4-15-9-16(23(26,27)28)11-17(10-15)24(29,30)31;/h2-3,8-11,20H,4-7,12-13,32H2,1H3,(H,33,37);1H/t20-;/m1./s1. The predicted molar refractivity (Wildman–Crippen MR) is 127 cm³/mol. The first-order valence-electron chi connectivity index (χ1n) is 11.3. The van der Waals surface area contributed by atoms with Gasteiger partial charge in [0.05, 0.1) is 23.7 Å². The number of rotatable bonds is 5. The van der Waals surface area contributed by atoms with Gasteiger partial charge in [0.1, 0.15) is 5.82 Å². The summed E-state index contributed by atoms with van der Waals surface area (Å²) in [6, 6.07) is 3.96. The molecule has 1 fully saturated rings. The van der Waals surface area contributed by atoms with Gasteiger partial charge in [0.2, 0.25) is 5.91 Å². The van der Waals surface area contributed by atoms with E-state index < -0.39 is 41.4 Å². The van der Waals surface area contributed by atoms with Crippen molar-refractivity contribution in [2.75, 3.05) is 32.7 Å². The van der Waals surface area contributed by atoms with Crippen LogP contribution in [0.1, 0.15) is 33.9 Å². The van der Waals surface area contributed by atoms with Crippen molar-refractivity contribution in [1.82, 2.24) is 15.1 Å². The highest BCUT2D eigenvalue weighted by atomic mass is 35.5. The number of carbonyl (C=O) groups excluding carboxylic acids is 2. The molecule has 14 heteroatoms. The second-order valence-electron chi connectivity index (χ2n) is 8.65. The van der Waals surface area contributed by atoms with Crippen LogP contribution in [0.2, 0.25) is 0 Å². The van der Waals surface area contributed by atoms with Gasteiger partial charge in [0, 0.05) is 26.2 Å². The van der Waals surface area contributed by atoms with Crippen LogP contribution in [0.5, 0.6) is 0 Å². The molecule has 210 valence electrons. The van der Waals surface area contributed by atoms with Crippen LogP contribution in [0.15, 0.2) is 36.4 Å². The Kier molecular flexibility index (Phi) is 10.0. The van der Waals surface area contributed by atoms with Crippen LogP contribution in [-0.4, -0.2) is 54.5 Å². The first kappa shape index (κ1) is 31.2. The van der Waals surface area contributed by atoms with E-state index in [0.29, 0.717) is 23.3 Å². The summed E-state index contributed by atoms with van der Waals surface area (Å²) in [4.78, 5) is 28.0. The number of urea groups is 1. The average molecular weight is 571 g/mol. The van der Waals surface area contributed by atoms with Gasteiger partial charge in [-0.2, -0.15) is 26.3 Å². The molecule has 0 aromatic heterocycles. The second kappa shape index (κ2) is 12.2. The van der Waals surface area contributed by atoms with Crippen molar-refractivity contribution in [2.45, 2.75) is 31.7 Å². The van der Waals surface area contributed by atoms with Crippen LogP contribution in [0.3, 0.4) is 0 Å². The maximum atomic E-state index is 13.6. The summed E-state index contributed by atoms with van der Waals surface area (Å²) < 4.78 is 92.3. The Hall–Kier alpha value is -3.06. The SMILES string of the molecule is Cc1cc(F)ccc1[C@H]1CN(C(=O)CN)CCN1C(=O)NCCc1cc(C(F)(F)F)cc(C(F)(F)F)c1.Cl. The van der Waals surface area contributed by atoms with E-state index in [9.17, 15) is 40.3 Å². The maximum Gasteiger partial charge on any atom is 0.416 e. The van der Waals surface area contributed by atoms with Crippen molar-refractivity contribution < 1.29 is 40.3 Å². The first-order chi connectivity index (χ1) is 17.2. The van der Waals surface area contributed by atoms with Crippen LogP contribution < -0.4 is 11.1 Å². The Balaban J connectivity index is 0.00000507. The molecule has 1 saturated heterocycles. The molecule has 0 radical (unpaired) electrons. The lowest BCUT2D eigenvalue weighted by Gasteiger charge is -2.42. The number of hydrogen-bond acceptors (Lipinski definition) is 3. The number of benzene rings is 2. The highest BCUT2D eigenvalue weighted by molar-refractivity contribution is 5.85. The van der Waals surface area contributed by atoms with Crippen LogP contribution >= 0.6 is 12.4 Å². The molecule has 0 saturated carbocycles. The van der Waals surface area contributed by atoms with E-state index in [4.69, 9.17) is 5.73 Å². The van der Waals surface area contributed by atoms with Crippen molar-refractivity contribution in [3.8, 4) is 0 Å². The smallest absolute Gasteiger partial charge is 0.338 e. The predicted octanol–water partition coefficient (Wildman–Crippen LogP) is 4.69. The molecular formula is C24H26ClF7N4O2. The summed E-state index contributed by atoms with van der Waals surface area (Å²) in [5, 5.41) is 2.53. The van der Waals surface area contributed by atoms with Gasteiger partial charge < -0.3 is 20.9 Å². The van der Waals surface area contributed by atoms with E-state index in [1.165, 1.54) is 28.0 Å². The summed E-state index contributed by atoms with van der Waals surface area (Å²) in [5.74, 6) is -0.822. The fourth-order valence-electron chi connectivity index (χ4n) is 4.24. The molecule has 0 aliphatic carbocycles. The summed E-state index contributed by atoms with van der Waals surface area (Å²) in [7, 11) is 0. The monoisotopic (exact) mass is 570 g/mol. The summed E-state index contributed by atoms with van der Waals surface area (Å²) >= 11 is 0. The minimum absolute atomic E-state index is 0. The molecule has 1 heterocycles. The lowest BCUT2D eigenvalue weighted by molar-refractivity contribution is -0.143. The van der Waals surface area contributed by atoms with Gasteiger partial charge in [-0.3, -0.25) is 4.79 Å². The zero-order chi connectivity index (χ0) is 27.5. The minimum Gasteiger partial charge on any atom is -0.338 e. The summed E-state index contributed by atoms with van der Waals surface area (Å²) in [6.07, 6.45) is -10.2. The highest BCUT2D eigenvalue weighted by Crippen LogP contribution is 2.36. The molecular weight excluding hydrogens is 545 g/mol. The molecule has 3 rings (SSSR count). The molecule has 0 unspecified atom stereocenters. The van der Waals surface area contributed by atoms with E-state index in [0.717, 1.165) is 0 Å². The van der Waals surface area contributed by atoms with Gasteiger partial charge in [-0.05, 0) is 60.4 Å². The van der Waals surface area contributed by atoms with Crippen molar-refractivity contribution in [3.05, 3.63) is 70.0 Å². The molecule has 3 N–H and O–H groups in total. The zero-order valence-corrected chi connectivity index (χ0v) is 20.9. The van der Waals surface area contributed by atoms with E-state index in [1.807, 2.05) is 0 Å². The molecule has 3 amide bonds. The number of amides is 3. The molecule has 2 aromatic rings. The molecule has 2 aromatic carbocycles. The van der Waals surface area contributed by atoms with Gasteiger partial charge in [-0.15, -0.1) is 12.4 Å². The normalized spacial score (nSPS) is 16.2. The fraction of sp³-hybridized carbons (Fsp3) is 0.417. The number of nitrogens with zero attached hydrogens (tertiary/aromatic N) is 2. The number of aryl methyl sites for hydroxylation is 1. The Morgan fingerprint density at radius 3 is 2.13 bits per heavy atom. The van der Waals surface area contributed by atoms with Gasteiger partial charge in [-0.1, -0.05) is 6.07 Å². The molecule has 1 aliphatic heterocycles. The topological polar surface area (TPSA) is 78.7 Å².